The quantitative estimate of drug-likeness (QED) is 0.837. The Morgan fingerprint density at radius 1 is 1.33 bits per heavy atom. The summed E-state index contributed by atoms with van der Waals surface area (Å²) in [5.74, 6) is 2.58. The molecule has 1 aromatic carbocycles. The molecule has 18 heavy (non-hydrogen) atoms. The van der Waals surface area contributed by atoms with Crippen LogP contribution in [0.1, 0.15) is 11.1 Å². The molecule has 0 unspecified atom stereocenters. The number of rotatable bonds is 5. The topological polar surface area (TPSA) is 15.3 Å². The molecule has 1 aromatic rings. The Hall–Kier alpha value is -0.220. The standard InChI is InChI=1S/C14H21ClN2S/c1-12-10-14(15)3-2-13(12)11-16-4-5-17-6-8-18-9-7-17/h2-3,10,16H,4-9,11H2,1H3. The third kappa shape index (κ3) is 4.47. The largest absolute Gasteiger partial charge is 0.311 e. The molecule has 1 aliphatic rings. The molecule has 2 rings (SSSR count). The van der Waals surface area contributed by atoms with E-state index < -0.39 is 0 Å². The van der Waals surface area contributed by atoms with Crippen molar-refractivity contribution in [3.63, 3.8) is 0 Å². The second-order valence-corrected chi connectivity index (χ2v) is 6.36. The van der Waals surface area contributed by atoms with Crippen molar-refractivity contribution >= 4 is 23.4 Å². The smallest absolute Gasteiger partial charge is 0.0408 e. The van der Waals surface area contributed by atoms with Crippen molar-refractivity contribution in [1.29, 1.82) is 0 Å². The molecule has 0 amide bonds. The molecule has 0 radical (unpaired) electrons. The normalized spacial score (nSPS) is 17.0. The molecule has 1 N–H and O–H groups in total. The van der Waals surface area contributed by atoms with Crippen LogP contribution < -0.4 is 5.32 Å². The molecule has 0 aromatic heterocycles. The molecule has 0 spiro atoms. The van der Waals surface area contributed by atoms with Crippen molar-refractivity contribution in [2.75, 3.05) is 37.7 Å². The molecular weight excluding hydrogens is 264 g/mol. The number of halogens is 1. The molecule has 1 saturated heterocycles. The third-order valence-electron chi connectivity index (χ3n) is 3.33. The van der Waals surface area contributed by atoms with Crippen LogP contribution in [-0.2, 0) is 6.54 Å². The Labute approximate surface area is 119 Å². The number of thioether (sulfide) groups is 1. The van der Waals surface area contributed by atoms with Crippen molar-refractivity contribution in [2.45, 2.75) is 13.5 Å². The molecule has 0 aliphatic carbocycles. The van der Waals surface area contributed by atoms with E-state index in [0.717, 1.165) is 24.7 Å². The summed E-state index contributed by atoms with van der Waals surface area (Å²) < 4.78 is 0. The minimum Gasteiger partial charge on any atom is -0.311 e. The van der Waals surface area contributed by atoms with Gasteiger partial charge in [-0.25, -0.2) is 0 Å². The van der Waals surface area contributed by atoms with Crippen LogP contribution in [0.2, 0.25) is 5.02 Å². The first-order chi connectivity index (χ1) is 8.75. The van der Waals surface area contributed by atoms with E-state index in [2.05, 4.69) is 35.0 Å². The number of aryl methyl sites for hydroxylation is 1. The monoisotopic (exact) mass is 284 g/mol. The van der Waals surface area contributed by atoms with E-state index >= 15 is 0 Å². The zero-order valence-electron chi connectivity index (χ0n) is 10.9. The van der Waals surface area contributed by atoms with Gasteiger partial charge in [0.25, 0.3) is 0 Å². The maximum absolute atomic E-state index is 5.95. The number of hydrogen-bond acceptors (Lipinski definition) is 3. The molecule has 0 atom stereocenters. The van der Waals surface area contributed by atoms with Crippen LogP contribution in [0.3, 0.4) is 0 Å². The Kier molecular flexibility index (Phi) is 5.83. The summed E-state index contributed by atoms with van der Waals surface area (Å²) >= 11 is 8.01. The van der Waals surface area contributed by atoms with Gasteiger partial charge in [-0.05, 0) is 30.2 Å². The van der Waals surface area contributed by atoms with E-state index in [0.29, 0.717) is 0 Å². The molecule has 2 nitrogen and oxygen atoms in total. The predicted octanol–water partition coefficient (Wildman–Crippen LogP) is 2.79. The first-order valence-corrected chi connectivity index (χ1v) is 8.05. The van der Waals surface area contributed by atoms with Crippen LogP contribution in [0.5, 0.6) is 0 Å². The fourth-order valence-electron chi connectivity index (χ4n) is 2.14. The number of nitrogens with one attached hydrogen (secondary N) is 1. The van der Waals surface area contributed by atoms with Gasteiger partial charge in [0.15, 0.2) is 0 Å². The Morgan fingerprint density at radius 3 is 2.83 bits per heavy atom. The SMILES string of the molecule is Cc1cc(Cl)ccc1CNCCN1CCSCC1. The zero-order valence-corrected chi connectivity index (χ0v) is 12.5. The van der Waals surface area contributed by atoms with Crippen molar-refractivity contribution < 1.29 is 0 Å². The van der Waals surface area contributed by atoms with Gasteiger partial charge < -0.3 is 10.2 Å². The minimum atomic E-state index is 0.821. The lowest BCUT2D eigenvalue weighted by Crippen LogP contribution is -2.37. The second kappa shape index (κ2) is 7.39. The van der Waals surface area contributed by atoms with Crippen LogP contribution in [0.25, 0.3) is 0 Å². The fourth-order valence-corrected chi connectivity index (χ4v) is 3.35. The van der Waals surface area contributed by atoms with E-state index in [1.54, 1.807) is 0 Å². The van der Waals surface area contributed by atoms with Gasteiger partial charge in [0.2, 0.25) is 0 Å². The highest BCUT2D eigenvalue weighted by molar-refractivity contribution is 7.99. The predicted molar refractivity (Wildman–Crippen MR) is 81.7 cm³/mol. The molecule has 100 valence electrons. The minimum absolute atomic E-state index is 0.821. The molecule has 0 bridgehead atoms. The van der Waals surface area contributed by atoms with Crippen LogP contribution in [0, 0.1) is 6.92 Å². The summed E-state index contributed by atoms with van der Waals surface area (Å²) in [6.45, 7) is 7.76. The summed E-state index contributed by atoms with van der Waals surface area (Å²) in [6, 6.07) is 6.11. The van der Waals surface area contributed by atoms with Crippen LogP contribution in [0.4, 0.5) is 0 Å². The van der Waals surface area contributed by atoms with Gasteiger partial charge in [0, 0.05) is 49.3 Å². The maximum Gasteiger partial charge on any atom is 0.0408 e. The van der Waals surface area contributed by atoms with E-state index in [1.165, 1.54) is 35.7 Å². The van der Waals surface area contributed by atoms with Crippen molar-refractivity contribution in [3.8, 4) is 0 Å². The summed E-state index contributed by atoms with van der Waals surface area (Å²) in [5, 5.41) is 4.34. The first-order valence-electron chi connectivity index (χ1n) is 6.51. The Balaban J connectivity index is 1.68. The molecule has 1 heterocycles. The zero-order chi connectivity index (χ0) is 12.8. The molecule has 1 aliphatic heterocycles. The lowest BCUT2D eigenvalue weighted by molar-refractivity contribution is 0.301. The van der Waals surface area contributed by atoms with E-state index in [9.17, 15) is 0 Å². The maximum atomic E-state index is 5.95. The van der Waals surface area contributed by atoms with Gasteiger partial charge in [-0.3, -0.25) is 0 Å². The molecular formula is C14H21ClN2S. The summed E-state index contributed by atoms with van der Waals surface area (Å²) in [6.07, 6.45) is 0. The van der Waals surface area contributed by atoms with Crippen LogP contribution in [-0.4, -0.2) is 42.6 Å². The highest BCUT2D eigenvalue weighted by Crippen LogP contribution is 2.14. The number of benzene rings is 1. The van der Waals surface area contributed by atoms with Gasteiger partial charge in [-0.2, -0.15) is 11.8 Å². The molecule has 0 saturated carbocycles. The van der Waals surface area contributed by atoms with Gasteiger partial charge in [-0.1, -0.05) is 17.7 Å². The van der Waals surface area contributed by atoms with E-state index in [-0.39, 0.29) is 0 Å². The summed E-state index contributed by atoms with van der Waals surface area (Å²) in [5.41, 5.74) is 2.61. The van der Waals surface area contributed by atoms with Crippen LogP contribution >= 0.6 is 23.4 Å². The third-order valence-corrected chi connectivity index (χ3v) is 4.51. The molecule has 1 fully saturated rings. The Bertz CT molecular complexity index is 378. The van der Waals surface area contributed by atoms with Gasteiger partial charge >= 0.3 is 0 Å². The summed E-state index contributed by atoms with van der Waals surface area (Å²) in [4.78, 5) is 2.54. The van der Waals surface area contributed by atoms with Crippen molar-refractivity contribution in [2.24, 2.45) is 0 Å². The van der Waals surface area contributed by atoms with Crippen LogP contribution in [0.15, 0.2) is 18.2 Å². The van der Waals surface area contributed by atoms with Gasteiger partial charge in [0.1, 0.15) is 0 Å². The number of nitrogens with zero attached hydrogens (tertiary/aromatic N) is 1. The van der Waals surface area contributed by atoms with Gasteiger partial charge in [0.05, 0.1) is 0 Å². The lowest BCUT2D eigenvalue weighted by Gasteiger charge is -2.26. The average Bonchev–Trinajstić information content (AvgIpc) is 2.38. The Morgan fingerprint density at radius 2 is 2.11 bits per heavy atom. The highest BCUT2D eigenvalue weighted by atomic mass is 35.5. The van der Waals surface area contributed by atoms with E-state index in [1.807, 2.05) is 12.1 Å². The van der Waals surface area contributed by atoms with Gasteiger partial charge in [-0.15, -0.1) is 0 Å². The first kappa shape index (κ1) is 14.2. The lowest BCUT2D eigenvalue weighted by atomic mass is 10.1. The average molecular weight is 285 g/mol. The fraction of sp³-hybridized carbons (Fsp3) is 0.571. The molecule has 4 heteroatoms. The summed E-state index contributed by atoms with van der Waals surface area (Å²) in [7, 11) is 0. The van der Waals surface area contributed by atoms with Crippen molar-refractivity contribution in [3.05, 3.63) is 34.3 Å². The number of hydrogen-bond donors (Lipinski definition) is 1. The van der Waals surface area contributed by atoms with Crippen molar-refractivity contribution in [1.82, 2.24) is 10.2 Å². The highest BCUT2D eigenvalue weighted by Gasteiger charge is 2.09. The van der Waals surface area contributed by atoms with E-state index in [4.69, 9.17) is 11.6 Å². The second-order valence-electron chi connectivity index (χ2n) is 4.70.